The van der Waals surface area contributed by atoms with Crippen LogP contribution in [0, 0.1) is 5.92 Å². The summed E-state index contributed by atoms with van der Waals surface area (Å²) in [6.07, 6.45) is 7.38. The molecule has 9 heteroatoms. The van der Waals surface area contributed by atoms with Gasteiger partial charge in [-0.2, -0.15) is 0 Å². The van der Waals surface area contributed by atoms with Crippen LogP contribution in [0.3, 0.4) is 0 Å². The van der Waals surface area contributed by atoms with Gasteiger partial charge in [0.15, 0.2) is 0 Å². The number of carbonyl (C=O) groups is 3. The van der Waals surface area contributed by atoms with Crippen molar-refractivity contribution in [2.24, 2.45) is 5.92 Å². The Balaban J connectivity index is 1.45. The lowest BCUT2D eigenvalue weighted by molar-refractivity contribution is -0.143. The standard InChI is InChI=1S/C24H39N5O4/c1-24(2,3)29(23(32)33)20(17-8-6-5-7-9-17)22(31)26-12-10-18(11-13-26)28-16-27-15-25(4)14-19(27)21(28)30/h14,17-18,20H,5-13,15-16H2,1-4H3,(H,32,33)/t20-/m1/s1. The van der Waals surface area contributed by atoms with E-state index >= 15 is 0 Å². The Morgan fingerprint density at radius 2 is 1.70 bits per heavy atom. The van der Waals surface area contributed by atoms with Crippen molar-refractivity contribution in [2.45, 2.75) is 83.3 Å². The van der Waals surface area contributed by atoms with Crippen LogP contribution < -0.4 is 0 Å². The number of hydrogen-bond donors (Lipinski definition) is 1. The molecule has 0 radical (unpaired) electrons. The topological polar surface area (TPSA) is 87.6 Å². The number of fused-ring (bicyclic) bond motifs is 1. The van der Waals surface area contributed by atoms with E-state index in [0.29, 0.717) is 19.8 Å². The Morgan fingerprint density at radius 3 is 2.24 bits per heavy atom. The SMILES string of the molecule is CN1C=C2C(=O)N(C3CCN(C(=O)[C@@H](C4CCCCC4)N(C(=O)O)C(C)(C)C)CC3)CN2C1. The first-order valence-corrected chi connectivity index (χ1v) is 12.4. The minimum atomic E-state index is -1.03. The van der Waals surface area contributed by atoms with Crippen molar-refractivity contribution in [1.29, 1.82) is 0 Å². The Hall–Kier alpha value is -2.45. The van der Waals surface area contributed by atoms with Crippen molar-refractivity contribution in [3.63, 3.8) is 0 Å². The second-order valence-corrected chi connectivity index (χ2v) is 11.1. The molecule has 2 saturated heterocycles. The average Bonchev–Trinajstić information content (AvgIpc) is 3.28. The number of carbonyl (C=O) groups excluding carboxylic acids is 2. The molecule has 4 aliphatic rings. The predicted octanol–water partition coefficient (Wildman–Crippen LogP) is 2.55. The summed E-state index contributed by atoms with van der Waals surface area (Å²) in [5.41, 5.74) is 0.104. The number of likely N-dealkylation sites (tertiary alicyclic amines) is 1. The number of amides is 3. The molecule has 3 aliphatic heterocycles. The summed E-state index contributed by atoms with van der Waals surface area (Å²) in [6, 6.07) is -0.524. The molecule has 0 bridgehead atoms. The Labute approximate surface area is 196 Å². The van der Waals surface area contributed by atoms with Gasteiger partial charge in [-0.05, 0) is 52.4 Å². The first kappa shape index (κ1) is 23.7. The van der Waals surface area contributed by atoms with Crippen molar-refractivity contribution in [3.8, 4) is 0 Å². The van der Waals surface area contributed by atoms with Crippen LogP contribution in [0.5, 0.6) is 0 Å². The molecule has 3 heterocycles. The first-order valence-electron chi connectivity index (χ1n) is 12.4. The normalized spacial score (nSPS) is 23.6. The summed E-state index contributed by atoms with van der Waals surface area (Å²) < 4.78 is 0. The zero-order valence-electron chi connectivity index (χ0n) is 20.5. The fraction of sp³-hybridized carbons (Fsp3) is 0.792. The maximum atomic E-state index is 13.8. The van der Waals surface area contributed by atoms with Crippen LogP contribution in [-0.4, -0.2) is 98.6 Å². The largest absolute Gasteiger partial charge is 0.465 e. The quantitative estimate of drug-likeness (QED) is 0.692. The van der Waals surface area contributed by atoms with Gasteiger partial charge < -0.3 is 24.7 Å². The third-order valence-corrected chi connectivity index (χ3v) is 7.65. The molecule has 4 rings (SSSR count). The molecule has 0 spiro atoms. The molecule has 9 nitrogen and oxygen atoms in total. The van der Waals surface area contributed by atoms with E-state index in [1.807, 2.05) is 48.7 Å². The van der Waals surface area contributed by atoms with E-state index in [-0.39, 0.29) is 23.8 Å². The summed E-state index contributed by atoms with van der Waals surface area (Å²) >= 11 is 0. The van der Waals surface area contributed by atoms with Crippen LogP contribution in [-0.2, 0) is 9.59 Å². The number of piperidine rings is 1. The molecule has 1 N–H and O–H groups in total. The fourth-order valence-electron chi connectivity index (χ4n) is 6.05. The fourth-order valence-corrected chi connectivity index (χ4v) is 6.05. The van der Waals surface area contributed by atoms with Gasteiger partial charge in [-0.25, -0.2) is 4.79 Å². The molecule has 1 saturated carbocycles. The van der Waals surface area contributed by atoms with Gasteiger partial charge in [0.25, 0.3) is 5.91 Å². The summed E-state index contributed by atoms with van der Waals surface area (Å²) in [5.74, 6) is 0.0833. The molecule has 0 aromatic heterocycles. The number of rotatable bonds is 4. The van der Waals surface area contributed by atoms with Gasteiger partial charge in [-0.3, -0.25) is 14.5 Å². The van der Waals surface area contributed by atoms with Gasteiger partial charge in [0.1, 0.15) is 11.7 Å². The first-order chi connectivity index (χ1) is 15.6. The Bertz CT molecular complexity index is 808. The maximum absolute atomic E-state index is 13.8. The van der Waals surface area contributed by atoms with Gasteiger partial charge in [-0.15, -0.1) is 0 Å². The van der Waals surface area contributed by atoms with Gasteiger partial charge in [-0.1, -0.05) is 19.3 Å². The number of carboxylic acid groups (broad SMARTS) is 1. The molecule has 0 aromatic rings. The Kier molecular flexibility index (Phi) is 6.51. The highest BCUT2D eigenvalue weighted by Gasteiger charge is 2.46. The molecule has 33 heavy (non-hydrogen) atoms. The van der Waals surface area contributed by atoms with E-state index < -0.39 is 17.7 Å². The highest BCUT2D eigenvalue weighted by molar-refractivity contribution is 5.95. The molecule has 1 atom stereocenters. The summed E-state index contributed by atoms with van der Waals surface area (Å²) in [7, 11) is 1.97. The molecular weight excluding hydrogens is 422 g/mol. The van der Waals surface area contributed by atoms with Gasteiger partial charge in [0, 0.05) is 37.9 Å². The van der Waals surface area contributed by atoms with Crippen LogP contribution in [0.25, 0.3) is 0 Å². The van der Waals surface area contributed by atoms with Crippen LogP contribution >= 0.6 is 0 Å². The summed E-state index contributed by atoms with van der Waals surface area (Å²) in [5, 5.41) is 10.1. The summed E-state index contributed by atoms with van der Waals surface area (Å²) in [4.78, 5) is 48.3. The maximum Gasteiger partial charge on any atom is 0.408 e. The van der Waals surface area contributed by atoms with Crippen molar-refractivity contribution >= 4 is 17.9 Å². The van der Waals surface area contributed by atoms with Crippen LogP contribution in [0.1, 0.15) is 65.7 Å². The van der Waals surface area contributed by atoms with E-state index in [4.69, 9.17) is 0 Å². The summed E-state index contributed by atoms with van der Waals surface area (Å²) in [6.45, 7) is 8.07. The highest BCUT2D eigenvalue weighted by atomic mass is 16.4. The lowest BCUT2D eigenvalue weighted by Crippen LogP contribution is -2.61. The Morgan fingerprint density at radius 1 is 1.06 bits per heavy atom. The molecule has 184 valence electrons. The number of hydrogen-bond acceptors (Lipinski definition) is 5. The molecule has 0 unspecified atom stereocenters. The van der Waals surface area contributed by atoms with Crippen molar-refractivity contribution in [2.75, 3.05) is 33.5 Å². The van der Waals surface area contributed by atoms with E-state index in [2.05, 4.69) is 4.90 Å². The average molecular weight is 462 g/mol. The number of nitrogens with zero attached hydrogens (tertiary/aromatic N) is 5. The monoisotopic (exact) mass is 461 g/mol. The third-order valence-electron chi connectivity index (χ3n) is 7.65. The van der Waals surface area contributed by atoms with E-state index in [1.54, 1.807) is 0 Å². The minimum Gasteiger partial charge on any atom is -0.465 e. The van der Waals surface area contributed by atoms with Gasteiger partial charge in [0.05, 0.1) is 13.3 Å². The van der Waals surface area contributed by atoms with Gasteiger partial charge in [0.2, 0.25) is 5.91 Å². The molecule has 1 aliphatic carbocycles. The minimum absolute atomic E-state index is 0.0598. The van der Waals surface area contributed by atoms with Crippen molar-refractivity contribution < 1.29 is 19.5 Å². The zero-order chi connectivity index (χ0) is 23.9. The van der Waals surface area contributed by atoms with Crippen LogP contribution in [0.2, 0.25) is 0 Å². The van der Waals surface area contributed by atoms with Crippen molar-refractivity contribution in [3.05, 3.63) is 11.9 Å². The van der Waals surface area contributed by atoms with Crippen molar-refractivity contribution in [1.82, 2.24) is 24.5 Å². The predicted molar refractivity (Wildman–Crippen MR) is 124 cm³/mol. The van der Waals surface area contributed by atoms with Gasteiger partial charge >= 0.3 is 6.09 Å². The van der Waals surface area contributed by atoms with E-state index in [1.165, 1.54) is 4.90 Å². The third kappa shape index (κ3) is 4.64. The van der Waals surface area contributed by atoms with Crippen LogP contribution in [0.4, 0.5) is 4.79 Å². The smallest absolute Gasteiger partial charge is 0.408 e. The second kappa shape index (κ2) is 9.06. The lowest BCUT2D eigenvalue weighted by Gasteiger charge is -2.46. The zero-order valence-corrected chi connectivity index (χ0v) is 20.5. The molecular formula is C24H39N5O4. The second-order valence-electron chi connectivity index (χ2n) is 11.1. The van der Waals surface area contributed by atoms with E-state index in [0.717, 1.165) is 57.3 Å². The molecule has 0 aromatic carbocycles. The molecule has 3 amide bonds. The lowest BCUT2D eigenvalue weighted by atomic mass is 9.81. The molecule has 3 fully saturated rings. The van der Waals surface area contributed by atoms with E-state index in [9.17, 15) is 19.5 Å². The van der Waals surface area contributed by atoms with Crippen LogP contribution in [0.15, 0.2) is 11.9 Å². The highest BCUT2D eigenvalue weighted by Crippen LogP contribution is 2.35.